The summed E-state index contributed by atoms with van der Waals surface area (Å²) in [5.74, 6) is 0. The highest BCUT2D eigenvalue weighted by molar-refractivity contribution is 7.80. The molecule has 1 aliphatic heterocycles. The number of hydrogen-bond donors (Lipinski definition) is 1. The zero-order valence-corrected chi connectivity index (χ0v) is 10.6. The summed E-state index contributed by atoms with van der Waals surface area (Å²) >= 11 is 10.9. The fourth-order valence-electron chi connectivity index (χ4n) is 2.16. The lowest BCUT2D eigenvalue weighted by molar-refractivity contribution is 0.295. The number of nitrogens with zero attached hydrogens (tertiary/aromatic N) is 1. The first-order valence-electron chi connectivity index (χ1n) is 5.44. The van der Waals surface area contributed by atoms with E-state index in [4.69, 9.17) is 29.6 Å². The second kappa shape index (κ2) is 5.13. The smallest absolute Gasteiger partial charge is 0.0902 e. The number of hydrogen-bond acceptors (Lipinski definition) is 2. The standard InChI is InChI=1S/C12H15ClN2S/c13-10-5-3-9(4-6-10)8-15-7-1-2-11(15)12(14)16/h3-6,11H,1-2,7-8H2,(H2,14,16). The first kappa shape index (κ1) is 11.8. The molecule has 2 rings (SSSR count). The lowest BCUT2D eigenvalue weighted by Gasteiger charge is -2.23. The molecule has 16 heavy (non-hydrogen) atoms. The van der Waals surface area contributed by atoms with Gasteiger partial charge in [0.05, 0.1) is 11.0 Å². The van der Waals surface area contributed by atoms with Crippen molar-refractivity contribution in [1.82, 2.24) is 4.90 Å². The highest BCUT2D eigenvalue weighted by Gasteiger charge is 2.26. The first-order chi connectivity index (χ1) is 7.66. The zero-order valence-electron chi connectivity index (χ0n) is 9.03. The molecule has 86 valence electrons. The summed E-state index contributed by atoms with van der Waals surface area (Å²) < 4.78 is 0. The lowest BCUT2D eigenvalue weighted by atomic mass is 10.2. The first-order valence-corrected chi connectivity index (χ1v) is 6.23. The third-order valence-electron chi connectivity index (χ3n) is 2.99. The average molecular weight is 255 g/mol. The van der Waals surface area contributed by atoms with E-state index in [1.54, 1.807) is 0 Å². The van der Waals surface area contributed by atoms with Crippen molar-refractivity contribution in [3.05, 3.63) is 34.9 Å². The van der Waals surface area contributed by atoms with Crippen molar-refractivity contribution in [2.24, 2.45) is 5.73 Å². The third-order valence-corrected chi connectivity index (χ3v) is 3.52. The molecule has 0 aromatic heterocycles. The van der Waals surface area contributed by atoms with E-state index in [2.05, 4.69) is 17.0 Å². The quantitative estimate of drug-likeness (QED) is 0.841. The molecule has 1 fully saturated rings. The van der Waals surface area contributed by atoms with Crippen molar-refractivity contribution in [3.8, 4) is 0 Å². The molecule has 0 aliphatic carbocycles. The van der Waals surface area contributed by atoms with Crippen LogP contribution in [0, 0.1) is 0 Å². The Kier molecular flexibility index (Phi) is 3.79. The van der Waals surface area contributed by atoms with Crippen LogP contribution >= 0.6 is 23.8 Å². The fourth-order valence-corrected chi connectivity index (χ4v) is 2.55. The molecule has 2 N–H and O–H groups in total. The molecule has 1 saturated heterocycles. The molecule has 1 aromatic carbocycles. The van der Waals surface area contributed by atoms with Crippen molar-refractivity contribution in [1.29, 1.82) is 0 Å². The minimum absolute atomic E-state index is 0.269. The van der Waals surface area contributed by atoms with Gasteiger partial charge in [0.1, 0.15) is 0 Å². The predicted molar refractivity (Wildman–Crippen MR) is 71.7 cm³/mol. The van der Waals surface area contributed by atoms with Crippen LogP contribution in [0.15, 0.2) is 24.3 Å². The molecule has 0 saturated carbocycles. The minimum atomic E-state index is 0.269. The van der Waals surface area contributed by atoms with Crippen LogP contribution in [0.5, 0.6) is 0 Å². The molecule has 1 heterocycles. The van der Waals surface area contributed by atoms with Crippen LogP contribution < -0.4 is 5.73 Å². The van der Waals surface area contributed by atoms with Crippen LogP contribution in [0.4, 0.5) is 0 Å². The number of thiocarbonyl (C=S) groups is 1. The van der Waals surface area contributed by atoms with E-state index in [0.29, 0.717) is 4.99 Å². The van der Waals surface area contributed by atoms with Crippen LogP contribution in [0.1, 0.15) is 18.4 Å². The summed E-state index contributed by atoms with van der Waals surface area (Å²) in [6.45, 7) is 1.98. The summed E-state index contributed by atoms with van der Waals surface area (Å²) in [5, 5.41) is 0.774. The second-order valence-corrected chi connectivity index (χ2v) is 5.07. The Labute approximate surface area is 106 Å². The second-order valence-electron chi connectivity index (χ2n) is 4.16. The topological polar surface area (TPSA) is 29.3 Å². The van der Waals surface area contributed by atoms with Crippen LogP contribution in [-0.2, 0) is 6.54 Å². The molecule has 1 unspecified atom stereocenters. The van der Waals surface area contributed by atoms with E-state index in [-0.39, 0.29) is 6.04 Å². The number of nitrogens with two attached hydrogens (primary N) is 1. The van der Waals surface area contributed by atoms with Gasteiger partial charge in [0.25, 0.3) is 0 Å². The Balaban J connectivity index is 2.03. The van der Waals surface area contributed by atoms with Crippen LogP contribution in [0.25, 0.3) is 0 Å². The van der Waals surface area contributed by atoms with Gasteiger partial charge in [0.15, 0.2) is 0 Å². The molecule has 2 nitrogen and oxygen atoms in total. The van der Waals surface area contributed by atoms with Crippen LogP contribution in [0.2, 0.25) is 5.02 Å². The van der Waals surface area contributed by atoms with Gasteiger partial charge in [-0.1, -0.05) is 36.0 Å². The van der Waals surface area contributed by atoms with Crippen molar-refractivity contribution in [3.63, 3.8) is 0 Å². The van der Waals surface area contributed by atoms with E-state index < -0.39 is 0 Å². The maximum Gasteiger partial charge on any atom is 0.0902 e. The molecule has 1 atom stereocenters. The molecular formula is C12H15ClN2S. The van der Waals surface area contributed by atoms with E-state index in [1.165, 1.54) is 12.0 Å². The van der Waals surface area contributed by atoms with Gasteiger partial charge in [-0.15, -0.1) is 0 Å². The van der Waals surface area contributed by atoms with Crippen molar-refractivity contribution < 1.29 is 0 Å². The number of halogens is 1. The minimum Gasteiger partial charge on any atom is -0.392 e. The Morgan fingerprint density at radius 1 is 1.44 bits per heavy atom. The highest BCUT2D eigenvalue weighted by Crippen LogP contribution is 2.21. The van der Waals surface area contributed by atoms with Crippen LogP contribution in [-0.4, -0.2) is 22.5 Å². The molecule has 1 aromatic rings. The van der Waals surface area contributed by atoms with Gasteiger partial charge in [0.2, 0.25) is 0 Å². The van der Waals surface area contributed by atoms with E-state index >= 15 is 0 Å². The Bertz CT molecular complexity index is 377. The zero-order chi connectivity index (χ0) is 11.5. The molecule has 4 heteroatoms. The van der Waals surface area contributed by atoms with Gasteiger partial charge in [-0.25, -0.2) is 0 Å². The van der Waals surface area contributed by atoms with E-state index in [1.807, 2.05) is 12.1 Å². The molecule has 0 radical (unpaired) electrons. The Morgan fingerprint density at radius 2 is 2.12 bits per heavy atom. The van der Waals surface area contributed by atoms with Gasteiger partial charge in [0, 0.05) is 11.6 Å². The molecular weight excluding hydrogens is 240 g/mol. The fraction of sp³-hybridized carbons (Fsp3) is 0.417. The number of rotatable bonds is 3. The number of likely N-dealkylation sites (tertiary alicyclic amines) is 1. The SMILES string of the molecule is NC(=S)C1CCCN1Cc1ccc(Cl)cc1. The van der Waals surface area contributed by atoms with Crippen molar-refractivity contribution in [2.45, 2.75) is 25.4 Å². The summed E-state index contributed by atoms with van der Waals surface area (Å²) in [4.78, 5) is 2.96. The summed E-state index contributed by atoms with van der Waals surface area (Å²) in [6.07, 6.45) is 2.26. The maximum absolute atomic E-state index is 5.85. The third kappa shape index (κ3) is 2.73. The monoisotopic (exact) mass is 254 g/mol. The number of benzene rings is 1. The Hall–Kier alpha value is -0.640. The Morgan fingerprint density at radius 3 is 2.75 bits per heavy atom. The maximum atomic E-state index is 5.85. The summed E-state index contributed by atoms with van der Waals surface area (Å²) in [6, 6.07) is 8.21. The van der Waals surface area contributed by atoms with E-state index in [9.17, 15) is 0 Å². The molecule has 0 spiro atoms. The van der Waals surface area contributed by atoms with Crippen LogP contribution in [0.3, 0.4) is 0 Å². The largest absolute Gasteiger partial charge is 0.392 e. The molecule has 0 amide bonds. The average Bonchev–Trinajstić information content (AvgIpc) is 2.69. The molecule has 1 aliphatic rings. The van der Waals surface area contributed by atoms with Gasteiger partial charge in [-0.05, 0) is 37.1 Å². The normalized spacial score (nSPS) is 21.2. The summed E-state index contributed by atoms with van der Waals surface area (Å²) in [5.41, 5.74) is 6.99. The predicted octanol–water partition coefficient (Wildman–Crippen LogP) is 2.59. The van der Waals surface area contributed by atoms with E-state index in [0.717, 1.165) is 24.5 Å². The highest BCUT2D eigenvalue weighted by atomic mass is 35.5. The van der Waals surface area contributed by atoms with Crippen molar-refractivity contribution >= 4 is 28.8 Å². The summed E-state index contributed by atoms with van der Waals surface area (Å²) in [7, 11) is 0. The van der Waals surface area contributed by atoms with Gasteiger partial charge < -0.3 is 5.73 Å². The van der Waals surface area contributed by atoms with Gasteiger partial charge in [-0.2, -0.15) is 0 Å². The van der Waals surface area contributed by atoms with Gasteiger partial charge in [-0.3, -0.25) is 4.90 Å². The van der Waals surface area contributed by atoms with Crippen molar-refractivity contribution in [2.75, 3.05) is 6.54 Å². The lowest BCUT2D eigenvalue weighted by Crippen LogP contribution is -2.38. The van der Waals surface area contributed by atoms with Gasteiger partial charge >= 0.3 is 0 Å². The molecule has 0 bridgehead atoms.